The molecule has 5 nitrogen and oxygen atoms in total. The van der Waals surface area contributed by atoms with Crippen molar-refractivity contribution in [2.75, 3.05) is 19.0 Å². The standard InChI is InChI=1S/C13H13ClN2O3S/c1-16(2)10-4-3-5-11(8-10)19-13-7-6-12(9-15-13)20(14,17)18/h3-9H,1-2H3. The van der Waals surface area contributed by atoms with E-state index in [1.165, 1.54) is 12.1 Å². The Morgan fingerprint density at radius 2 is 1.95 bits per heavy atom. The van der Waals surface area contributed by atoms with Gasteiger partial charge in [0.2, 0.25) is 5.88 Å². The summed E-state index contributed by atoms with van der Waals surface area (Å²) >= 11 is 0. The van der Waals surface area contributed by atoms with Crippen LogP contribution in [0.3, 0.4) is 0 Å². The fourth-order valence-corrected chi connectivity index (χ4v) is 2.20. The van der Waals surface area contributed by atoms with Crippen molar-refractivity contribution in [3.8, 4) is 11.6 Å². The van der Waals surface area contributed by atoms with Gasteiger partial charge in [-0.1, -0.05) is 6.07 Å². The first kappa shape index (κ1) is 14.6. The average molecular weight is 313 g/mol. The highest BCUT2D eigenvalue weighted by molar-refractivity contribution is 8.13. The molecular formula is C13H13ClN2O3S. The van der Waals surface area contributed by atoms with E-state index in [9.17, 15) is 8.42 Å². The molecular weight excluding hydrogens is 300 g/mol. The first-order valence-electron chi connectivity index (χ1n) is 5.72. The number of hydrogen-bond acceptors (Lipinski definition) is 5. The van der Waals surface area contributed by atoms with Gasteiger partial charge in [0.05, 0.1) is 6.20 Å². The summed E-state index contributed by atoms with van der Waals surface area (Å²) in [6.07, 6.45) is 1.16. The topological polar surface area (TPSA) is 59.5 Å². The Morgan fingerprint density at radius 3 is 2.50 bits per heavy atom. The summed E-state index contributed by atoms with van der Waals surface area (Å²) in [5.41, 5.74) is 0.988. The molecule has 0 aliphatic carbocycles. The number of benzene rings is 1. The third-order valence-electron chi connectivity index (χ3n) is 2.55. The number of pyridine rings is 1. The van der Waals surface area contributed by atoms with Crippen LogP contribution in [0.1, 0.15) is 0 Å². The van der Waals surface area contributed by atoms with E-state index >= 15 is 0 Å². The molecule has 2 rings (SSSR count). The normalized spacial score (nSPS) is 11.2. The zero-order valence-electron chi connectivity index (χ0n) is 10.9. The van der Waals surface area contributed by atoms with Crippen LogP contribution in [0.4, 0.5) is 5.69 Å². The Hall–Kier alpha value is -1.79. The van der Waals surface area contributed by atoms with Crippen LogP contribution in [-0.2, 0) is 9.05 Å². The molecule has 1 aromatic carbocycles. The molecule has 0 bridgehead atoms. The van der Waals surface area contributed by atoms with Gasteiger partial charge in [-0.2, -0.15) is 0 Å². The molecule has 0 saturated heterocycles. The Balaban J connectivity index is 2.20. The molecule has 0 aliphatic rings. The molecule has 1 aromatic heterocycles. The third-order valence-corrected chi connectivity index (χ3v) is 3.89. The van der Waals surface area contributed by atoms with Gasteiger partial charge in [0.15, 0.2) is 0 Å². The van der Waals surface area contributed by atoms with Crippen molar-refractivity contribution in [3.05, 3.63) is 42.6 Å². The summed E-state index contributed by atoms with van der Waals surface area (Å²) < 4.78 is 27.8. The van der Waals surface area contributed by atoms with Gasteiger partial charge in [-0.05, 0) is 18.2 Å². The van der Waals surface area contributed by atoms with Crippen molar-refractivity contribution in [3.63, 3.8) is 0 Å². The van der Waals surface area contributed by atoms with Crippen LogP contribution in [0, 0.1) is 0 Å². The summed E-state index contributed by atoms with van der Waals surface area (Å²) in [6, 6.07) is 10.3. The van der Waals surface area contributed by atoms with Gasteiger partial charge >= 0.3 is 0 Å². The lowest BCUT2D eigenvalue weighted by Gasteiger charge is -2.13. The first-order chi connectivity index (χ1) is 9.36. The van der Waals surface area contributed by atoms with E-state index in [-0.39, 0.29) is 4.90 Å². The van der Waals surface area contributed by atoms with Gasteiger partial charge in [0.1, 0.15) is 10.6 Å². The van der Waals surface area contributed by atoms with Gasteiger partial charge in [-0.15, -0.1) is 0 Å². The zero-order valence-corrected chi connectivity index (χ0v) is 12.5. The maximum atomic E-state index is 11.1. The molecule has 0 radical (unpaired) electrons. The van der Waals surface area contributed by atoms with Gasteiger partial charge in [-0.25, -0.2) is 13.4 Å². The lowest BCUT2D eigenvalue weighted by atomic mass is 10.3. The van der Waals surface area contributed by atoms with Gasteiger partial charge in [0.25, 0.3) is 9.05 Å². The average Bonchev–Trinajstić information content (AvgIpc) is 2.38. The smallest absolute Gasteiger partial charge is 0.262 e. The summed E-state index contributed by atoms with van der Waals surface area (Å²) in [5.74, 6) is 0.912. The van der Waals surface area contributed by atoms with Crippen LogP contribution in [0.25, 0.3) is 0 Å². The summed E-state index contributed by atoms with van der Waals surface area (Å²) in [4.78, 5) is 5.80. The molecule has 1 heterocycles. The second kappa shape index (κ2) is 5.68. The zero-order chi connectivity index (χ0) is 14.8. The monoisotopic (exact) mass is 312 g/mol. The minimum Gasteiger partial charge on any atom is -0.439 e. The Morgan fingerprint density at radius 1 is 1.20 bits per heavy atom. The van der Waals surface area contributed by atoms with E-state index in [4.69, 9.17) is 15.4 Å². The predicted molar refractivity (Wildman–Crippen MR) is 78.1 cm³/mol. The van der Waals surface area contributed by atoms with Crippen molar-refractivity contribution in [2.45, 2.75) is 4.90 Å². The molecule has 0 N–H and O–H groups in total. The second-order valence-corrected chi connectivity index (χ2v) is 6.83. The molecule has 2 aromatic rings. The third kappa shape index (κ3) is 3.61. The van der Waals surface area contributed by atoms with Crippen molar-refractivity contribution >= 4 is 25.4 Å². The molecule has 0 unspecified atom stereocenters. The maximum absolute atomic E-state index is 11.1. The van der Waals surface area contributed by atoms with E-state index in [0.717, 1.165) is 11.9 Å². The van der Waals surface area contributed by atoms with E-state index in [2.05, 4.69) is 4.98 Å². The van der Waals surface area contributed by atoms with Crippen LogP contribution in [0.15, 0.2) is 47.5 Å². The van der Waals surface area contributed by atoms with Crippen molar-refractivity contribution in [1.82, 2.24) is 4.98 Å². The molecule has 20 heavy (non-hydrogen) atoms. The van der Waals surface area contributed by atoms with Crippen LogP contribution < -0.4 is 9.64 Å². The fraction of sp³-hybridized carbons (Fsp3) is 0.154. The number of nitrogens with zero attached hydrogens (tertiary/aromatic N) is 2. The molecule has 0 saturated carbocycles. The lowest BCUT2D eigenvalue weighted by Crippen LogP contribution is -2.08. The fourth-order valence-electron chi connectivity index (χ4n) is 1.52. The number of hydrogen-bond donors (Lipinski definition) is 0. The van der Waals surface area contributed by atoms with Crippen LogP contribution in [-0.4, -0.2) is 27.5 Å². The van der Waals surface area contributed by atoms with Gasteiger partial charge < -0.3 is 9.64 Å². The van der Waals surface area contributed by atoms with E-state index in [1.54, 1.807) is 6.07 Å². The van der Waals surface area contributed by atoms with Crippen molar-refractivity contribution in [2.24, 2.45) is 0 Å². The van der Waals surface area contributed by atoms with E-state index in [0.29, 0.717) is 11.6 Å². The molecule has 106 valence electrons. The SMILES string of the molecule is CN(C)c1cccc(Oc2ccc(S(=O)(=O)Cl)cn2)c1. The number of anilines is 1. The number of halogens is 1. The van der Waals surface area contributed by atoms with Crippen molar-refractivity contribution < 1.29 is 13.2 Å². The number of aromatic nitrogens is 1. The Kier molecular flexibility index (Phi) is 4.15. The minimum absolute atomic E-state index is 0.0615. The minimum atomic E-state index is -3.76. The summed E-state index contributed by atoms with van der Waals surface area (Å²) in [5, 5.41) is 0. The first-order valence-corrected chi connectivity index (χ1v) is 8.03. The highest BCUT2D eigenvalue weighted by Crippen LogP contribution is 2.24. The second-order valence-electron chi connectivity index (χ2n) is 4.26. The molecule has 0 spiro atoms. The largest absolute Gasteiger partial charge is 0.439 e. The Labute approximate surface area is 122 Å². The summed E-state index contributed by atoms with van der Waals surface area (Å²) in [7, 11) is 5.31. The molecule has 0 amide bonds. The summed E-state index contributed by atoms with van der Waals surface area (Å²) in [6.45, 7) is 0. The highest BCUT2D eigenvalue weighted by atomic mass is 35.7. The van der Waals surface area contributed by atoms with Gasteiger partial charge in [0, 0.05) is 42.6 Å². The van der Waals surface area contributed by atoms with E-state index < -0.39 is 9.05 Å². The quantitative estimate of drug-likeness (QED) is 0.812. The van der Waals surface area contributed by atoms with Crippen LogP contribution in [0.5, 0.6) is 11.6 Å². The van der Waals surface area contributed by atoms with Crippen LogP contribution >= 0.6 is 10.7 Å². The lowest BCUT2D eigenvalue weighted by molar-refractivity contribution is 0.462. The highest BCUT2D eigenvalue weighted by Gasteiger charge is 2.10. The molecule has 0 aliphatic heterocycles. The van der Waals surface area contributed by atoms with E-state index in [1.807, 2.05) is 37.2 Å². The maximum Gasteiger partial charge on any atom is 0.262 e. The number of rotatable bonds is 4. The van der Waals surface area contributed by atoms with Gasteiger partial charge in [-0.3, -0.25) is 0 Å². The molecule has 0 fully saturated rings. The van der Waals surface area contributed by atoms with Crippen LogP contribution in [0.2, 0.25) is 0 Å². The number of ether oxygens (including phenoxy) is 1. The van der Waals surface area contributed by atoms with Crippen molar-refractivity contribution in [1.29, 1.82) is 0 Å². The Bertz CT molecular complexity index is 700. The molecule has 7 heteroatoms. The predicted octanol–water partition coefficient (Wildman–Crippen LogP) is 2.87. The molecule has 0 atom stereocenters.